The number of carbonyl (C=O) groups excluding carboxylic acids is 1. The third-order valence-corrected chi connectivity index (χ3v) is 4.54. The Balaban J connectivity index is 0.00000264. The van der Waals surface area contributed by atoms with Gasteiger partial charge in [-0.05, 0) is 36.3 Å². The van der Waals surface area contributed by atoms with E-state index in [1.54, 1.807) is 0 Å². The minimum atomic E-state index is 0. The molecular weight excluding hydrogens is 328 g/mol. The zero-order chi connectivity index (χ0) is 15.6. The van der Waals surface area contributed by atoms with Gasteiger partial charge in [0.1, 0.15) is 0 Å². The summed E-state index contributed by atoms with van der Waals surface area (Å²) in [6.07, 6.45) is 1.50. The molecule has 0 saturated carbocycles. The van der Waals surface area contributed by atoms with Gasteiger partial charge in [-0.25, -0.2) is 0 Å². The first kappa shape index (κ1) is 19.8. The predicted octanol–water partition coefficient (Wildman–Crippen LogP) is 3.61. The molecule has 0 bridgehead atoms. The molecule has 3 nitrogen and oxygen atoms in total. The normalized spacial score (nSPS) is 10.3. The Morgan fingerprint density at radius 1 is 1.09 bits per heavy atom. The van der Waals surface area contributed by atoms with Crippen molar-refractivity contribution in [2.45, 2.75) is 18.6 Å². The average molecular weight is 353 g/mol. The van der Waals surface area contributed by atoms with Crippen LogP contribution in [-0.4, -0.2) is 31.8 Å². The fourth-order valence-electron chi connectivity index (χ4n) is 2.38. The van der Waals surface area contributed by atoms with E-state index in [1.807, 2.05) is 18.8 Å². The molecule has 5 heteroatoms. The minimum Gasteiger partial charge on any atom is -0.355 e. The number of carbonyl (C=O) groups is 1. The van der Waals surface area contributed by atoms with Crippen molar-refractivity contribution >= 4 is 40.8 Å². The first-order valence-corrected chi connectivity index (χ1v) is 8.92. The molecule has 126 valence electrons. The second-order valence-corrected chi connectivity index (χ2v) is 6.35. The second-order valence-electron chi connectivity index (χ2n) is 5.25. The monoisotopic (exact) mass is 352 g/mol. The van der Waals surface area contributed by atoms with Crippen molar-refractivity contribution in [2.75, 3.05) is 25.9 Å². The van der Waals surface area contributed by atoms with E-state index in [0.717, 1.165) is 31.0 Å². The Morgan fingerprint density at radius 2 is 1.87 bits per heavy atom. The molecule has 0 fully saturated rings. The summed E-state index contributed by atoms with van der Waals surface area (Å²) >= 11 is 1.86. The summed E-state index contributed by atoms with van der Waals surface area (Å²) < 4.78 is 0. The molecule has 0 aliphatic rings. The maximum absolute atomic E-state index is 11.6. The van der Waals surface area contributed by atoms with Crippen LogP contribution >= 0.6 is 24.2 Å². The molecule has 0 atom stereocenters. The quantitative estimate of drug-likeness (QED) is 0.677. The van der Waals surface area contributed by atoms with E-state index in [1.165, 1.54) is 16.3 Å². The highest BCUT2D eigenvalue weighted by Crippen LogP contribution is 2.22. The topological polar surface area (TPSA) is 41.1 Å². The van der Waals surface area contributed by atoms with E-state index >= 15 is 0 Å². The Bertz CT molecular complexity index is 601. The molecule has 2 N–H and O–H groups in total. The lowest BCUT2D eigenvalue weighted by atomic mass is 10.1. The van der Waals surface area contributed by atoms with Gasteiger partial charge < -0.3 is 10.6 Å². The fourth-order valence-corrected chi connectivity index (χ4v) is 3.24. The highest BCUT2D eigenvalue weighted by atomic mass is 35.5. The van der Waals surface area contributed by atoms with Gasteiger partial charge in [-0.2, -0.15) is 11.8 Å². The van der Waals surface area contributed by atoms with E-state index in [0.29, 0.717) is 6.42 Å². The summed E-state index contributed by atoms with van der Waals surface area (Å²) in [5.74, 6) is 2.08. The molecule has 0 aliphatic carbocycles. The van der Waals surface area contributed by atoms with Crippen molar-refractivity contribution in [1.82, 2.24) is 10.6 Å². The van der Waals surface area contributed by atoms with Crippen molar-refractivity contribution in [2.24, 2.45) is 0 Å². The van der Waals surface area contributed by atoms with E-state index in [2.05, 4.69) is 53.1 Å². The number of hydrogen-bond donors (Lipinski definition) is 2. The van der Waals surface area contributed by atoms with Crippen LogP contribution in [0.25, 0.3) is 10.8 Å². The SMILES string of the molecule is CNCCCC(=O)NCCSCc1cccc2ccccc12.Cl. The third kappa shape index (κ3) is 6.81. The van der Waals surface area contributed by atoms with Crippen LogP contribution in [0.5, 0.6) is 0 Å². The molecule has 0 unspecified atom stereocenters. The number of nitrogens with one attached hydrogen (secondary N) is 2. The van der Waals surface area contributed by atoms with Gasteiger partial charge in [0.05, 0.1) is 0 Å². The number of amides is 1. The predicted molar refractivity (Wildman–Crippen MR) is 104 cm³/mol. The lowest BCUT2D eigenvalue weighted by Crippen LogP contribution is -2.26. The third-order valence-electron chi connectivity index (χ3n) is 3.54. The maximum Gasteiger partial charge on any atom is 0.220 e. The maximum atomic E-state index is 11.6. The molecule has 2 rings (SSSR count). The van der Waals surface area contributed by atoms with E-state index in [4.69, 9.17) is 0 Å². The Hall–Kier alpha value is -1.23. The van der Waals surface area contributed by atoms with Gasteiger partial charge in [-0.1, -0.05) is 42.5 Å². The molecule has 0 saturated heterocycles. The summed E-state index contributed by atoms with van der Waals surface area (Å²) in [6, 6.07) is 14.9. The summed E-state index contributed by atoms with van der Waals surface area (Å²) in [6.45, 7) is 1.64. The van der Waals surface area contributed by atoms with Crippen LogP contribution in [0.2, 0.25) is 0 Å². The summed E-state index contributed by atoms with van der Waals surface area (Å²) in [7, 11) is 1.90. The van der Waals surface area contributed by atoms with Crippen LogP contribution in [-0.2, 0) is 10.5 Å². The Labute approximate surface area is 149 Å². The zero-order valence-electron chi connectivity index (χ0n) is 13.5. The molecule has 0 aromatic heterocycles. The van der Waals surface area contributed by atoms with Crippen LogP contribution in [0, 0.1) is 0 Å². The molecular formula is C18H25ClN2OS. The Kier molecular flexibility index (Phi) is 9.76. The first-order valence-electron chi connectivity index (χ1n) is 7.77. The van der Waals surface area contributed by atoms with Crippen LogP contribution in [0.3, 0.4) is 0 Å². The second kappa shape index (κ2) is 11.3. The number of thioether (sulfide) groups is 1. The molecule has 2 aromatic rings. The van der Waals surface area contributed by atoms with E-state index in [9.17, 15) is 4.79 Å². The van der Waals surface area contributed by atoms with Crippen LogP contribution in [0.1, 0.15) is 18.4 Å². The number of benzene rings is 2. The van der Waals surface area contributed by atoms with Crippen LogP contribution in [0.4, 0.5) is 0 Å². The van der Waals surface area contributed by atoms with E-state index < -0.39 is 0 Å². The lowest BCUT2D eigenvalue weighted by molar-refractivity contribution is -0.121. The Morgan fingerprint density at radius 3 is 2.70 bits per heavy atom. The summed E-state index contributed by atoms with van der Waals surface area (Å²) in [5.41, 5.74) is 1.36. The molecule has 23 heavy (non-hydrogen) atoms. The number of hydrogen-bond acceptors (Lipinski definition) is 3. The smallest absolute Gasteiger partial charge is 0.220 e. The summed E-state index contributed by atoms with van der Waals surface area (Å²) in [5, 5.41) is 8.64. The number of halogens is 1. The van der Waals surface area contributed by atoms with E-state index in [-0.39, 0.29) is 18.3 Å². The first-order chi connectivity index (χ1) is 10.8. The highest BCUT2D eigenvalue weighted by molar-refractivity contribution is 7.98. The van der Waals surface area contributed by atoms with Crippen molar-refractivity contribution in [1.29, 1.82) is 0 Å². The van der Waals surface area contributed by atoms with Gasteiger partial charge in [0, 0.05) is 24.5 Å². The molecule has 2 aromatic carbocycles. The highest BCUT2D eigenvalue weighted by Gasteiger charge is 2.02. The average Bonchev–Trinajstić information content (AvgIpc) is 2.55. The number of fused-ring (bicyclic) bond motifs is 1. The van der Waals surface area contributed by atoms with Crippen molar-refractivity contribution in [3.8, 4) is 0 Å². The molecule has 1 amide bonds. The molecule has 0 heterocycles. The van der Waals surface area contributed by atoms with Gasteiger partial charge >= 0.3 is 0 Å². The largest absolute Gasteiger partial charge is 0.355 e. The van der Waals surface area contributed by atoms with Gasteiger partial charge in [0.15, 0.2) is 0 Å². The fraction of sp³-hybridized carbons (Fsp3) is 0.389. The van der Waals surface area contributed by atoms with Gasteiger partial charge in [-0.3, -0.25) is 4.79 Å². The molecule has 0 spiro atoms. The van der Waals surface area contributed by atoms with Gasteiger partial charge in [-0.15, -0.1) is 12.4 Å². The minimum absolute atomic E-state index is 0. The van der Waals surface area contributed by atoms with Crippen molar-refractivity contribution in [3.05, 3.63) is 48.0 Å². The summed E-state index contributed by atoms with van der Waals surface area (Å²) in [4.78, 5) is 11.6. The zero-order valence-corrected chi connectivity index (χ0v) is 15.1. The van der Waals surface area contributed by atoms with Crippen molar-refractivity contribution < 1.29 is 4.79 Å². The molecule has 0 radical (unpaired) electrons. The number of rotatable bonds is 9. The van der Waals surface area contributed by atoms with Crippen LogP contribution in [0.15, 0.2) is 42.5 Å². The van der Waals surface area contributed by atoms with Crippen molar-refractivity contribution in [3.63, 3.8) is 0 Å². The van der Waals surface area contributed by atoms with Gasteiger partial charge in [0.2, 0.25) is 5.91 Å². The lowest BCUT2D eigenvalue weighted by Gasteiger charge is -2.07. The molecule has 0 aliphatic heterocycles. The van der Waals surface area contributed by atoms with Gasteiger partial charge in [0.25, 0.3) is 0 Å². The standard InChI is InChI=1S/C18H24N2OS.ClH/c1-19-11-5-10-18(21)20-12-13-22-14-16-8-4-7-15-6-2-3-9-17(15)16;/h2-4,6-9,19H,5,10-14H2,1H3,(H,20,21);1H. The van der Waals surface area contributed by atoms with Crippen LogP contribution < -0.4 is 10.6 Å².